The molecule has 2 aromatic rings. The summed E-state index contributed by atoms with van der Waals surface area (Å²) in [5, 5.41) is -1.01. The summed E-state index contributed by atoms with van der Waals surface area (Å²) in [4.78, 5) is 0. The molecule has 0 N–H and O–H groups in total. The summed E-state index contributed by atoms with van der Waals surface area (Å²) in [7, 11) is 0. The zero-order chi connectivity index (χ0) is 15.0. The lowest BCUT2D eigenvalue weighted by Gasteiger charge is -2.15. The smallest absolute Gasteiger partial charge is 0.132 e. The molecule has 0 aliphatic rings. The van der Waals surface area contributed by atoms with Crippen LogP contribution in [0.2, 0.25) is 0 Å². The van der Waals surface area contributed by atoms with Gasteiger partial charge in [-0.05, 0) is 42.7 Å². The number of alkyl halides is 1. The predicted molar refractivity (Wildman–Crippen MR) is 77.6 cm³/mol. The van der Waals surface area contributed by atoms with Crippen molar-refractivity contribution in [2.24, 2.45) is 0 Å². The van der Waals surface area contributed by atoms with Crippen molar-refractivity contribution in [2.75, 3.05) is 0 Å². The maximum Gasteiger partial charge on any atom is 0.132 e. The van der Waals surface area contributed by atoms with Crippen LogP contribution in [0.4, 0.5) is 13.2 Å². The Bertz CT molecular complexity index is 624. The Labute approximate surface area is 128 Å². The van der Waals surface area contributed by atoms with Gasteiger partial charge in [-0.2, -0.15) is 0 Å². The van der Waals surface area contributed by atoms with Gasteiger partial charge in [0.1, 0.15) is 17.5 Å². The molecule has 0 radical (unpaired) electrons. The second-order valence-corrected chi connectivity index (χ2v) is 5.97. The van der Waals surface area contributed by atoms with E-state index in [2.05, 4.69) is 15.9 Å². The van der Waals surface area contributed by atoms with E-state index in [9.17, 15) is 13.2 Å². The van der Waals surface area contributed by atoms with Crippen molar-refractivity contribution in [1.29, 1.82) is 0 Å². The molecule has 1 atom stereocenters. The van der Waals surface area contributed by atoms with E-state index >= 15 is 0 Å². The van der Waals surface area contributed by atoms with Gasteiger partial charge >= 0.3 is 0 Å². The zero-order valence-electron chi connectivity index (χ0n) is 10.8. The van der Waals surface area contributed by atoms with Crippen molar-refractivity contribution < 1.29 is 13.2 Å². The highest BCUT2D eigenvalue weighted by atomic mass is 79.9. The molecule has 0 aliphatic carbocycles. The molecule has 2 aromatic carbocycles. The van der Waals surface area contributed by atoms with Gasteiger partial charge in [-0.3, -0.25) is 0 Å². The van der Waals surface area contributed by atoms with Gasteiger partial charge in [-0.1, -0.05) is 28.1 Å². The second-order valence-electron chi connectivity index (χ2n) is 4.61. The van der Waals surface area contributed by atoms with Crippen LogP contribution in [-0.4, -0.2) is 0 Å². The lowest BCUT2D eigenvalue weighted by molar-refractivity contribution is 0.557. The van der Waals surface area contributed by atoms with E-state index in [-0.39, 0.29) is 11.4 Å². The molecule has 5 heteroatoms. The van der Waals surface area contributed by atoms with Gasteiger partial charge in [0.2, 0.25) is 0 Å². The topological polar surface area (TPSA) is 0 Å². The van der Waals surface area contributed by atoms with E-state index in [4.69, 9.17) is 11.6 Å². The Morgan fingerprint density at radius 1 is 0.950 bits per heavy atom. The zero-order valence-corrected chi connectivity index (χ0v) is 13.1. The number of hydrogen-bond donors (Lipinski definition) is 0. The first-order valence-corrected chi connectivity index (χ1v) is 7.09. The van der Waals surface area contributed by atoms with Crippen LogP contribution in [0.3, 0.4) is 0 Å². The first-order valence-electron chi connectivity index (χ1n) is 5.86. The molecule has 106 valence electrons. The number of rotatable bonds is 2. The molecule has 1 unspecified atom stereocenters. The molecule has 0 heterocycles. The summed E-state index contributed by atoms with van der Waals surface area (Å²) in [6.07, 6.45) is 0. The summed E-state index contributed by atoms with van der Waals surface area (Å²) < 4.78 is 41.7. The molecule has 0 nitrogen and oxygen atoms in total. The van der Waals surface area contributed by atoms with Crippen LogP contribution in [0.25, 0.3) is 0 Å². The average molecular weight is 364 g/mol. The molecule has 0 aliphatic heterocycles. The molecule has 0 fully saturated rings. The Morgan fingerprint density at radius 2 is 1.40 bits per heavy atom. The quantitative estimate of drug-likeness (QED) is 0.591. The lowest BCUT2D eigenvalue weighted by Crippen LogP contribution is -2.03. The number of halogens is 5. The summed E-state index contributed by atoms with van der Waals surface area (Å²) in [6.45, 7) is 3.17. The molecule has 0 saturated carbocycles. The molecule has 0 bridgehead atoms. The standard InChI is InChI=1S/C15H11BrClF3/c1-7-3-9(4-8(2)15(7)20)14(17)13-11(18)5-10(16)6-12(13)19/h3-6,14H,1-2H3. The van der Waals surface area contributed by atoms with Crippen LogP contribution in [-0.2, 0) is 0 Å². The number of aryl methyl sites for hydroxylation is 2. The average Bonchev–Trinajstić information content (AvgIpc) is 2.33. The Balaban J connectivity index is 2.55. The van der Waals surface area contributed by atoms with E-state index in [1.54, 1.807) is 13.8 Å². The molecule has 0 amide bonds. The molecule has 20 heavy (non-hydrogen) atoms. The van der Waals surface area contributed by atoms with Gasteiger partial charge in [-0.15, -0.1) is 11.6 Å². The normalized spacial score (nSPS) is 12.6. The molecular weight excluding hydrogens is 353 g/mol. The minimum atomic E-state index is -1.01. The van der Waals surface area contributed by atoms with Gasteiger partial charge in [0.25, 0.3) is 0 Å². The second kappa shape index (κ2) is 5.78. The first kappa shape index (κ1) is 15.4. The summed E-state index contributed by atoms with van der Waals surface area (Å²) >= 11 is 9.19. The van der Waals surface area contributed by atoms with Crippen LogP contribution in [0.5, 0.6) is 0 Å². The summed E-state index contributed by atoms with van der Waals surface area (Å²) in [5.74, 6) is -1.82. The highest BCUT2D eigenvalue weighted by molar-refractivity contribution is 9.10. The largest absolute Gasteiger partial charge is 0.206 e. The SMILES string of the molecule is Cc1cc(C(Cl)c2c(F)cc(Br)cc2F)cc(C)c1F. The van der Waals surface area contributed by atoms with Crippen LogP contribution >= 0.6 is 27.5 Å². The third-order valence-corrected chi connectivity index (χ3v) is 3.98. The van der Waals surface area contributed by atoms with E-state index < -0.39 is 17.0 Å². The fourth-order valence-electron chi connectivity index (χ4n) is 2.09. The maximum atomic E-state index is 13.9. The van der Waals surface area contributed by atoms with Crippen LogP contribution in [0, 0.1) is 31.3 Å². The van der Waals surface area contributed by atoms with Crippen molar-refractivity contribution in [2.45, 2.75) is 19.2 Å². The van der Waals surface area contributed by atoms with Crippen molar-refractivity contribution in [1.82, 2.24) is 0 Å². The Kier molecular flexibility index (Phi) is 4.45. The third kappa shape index (κ3) is 2.86. The van der Waals surface area contributed by atoms with Crippen molar-refractivity contribution >= 4 is 27.5 Å². The Morgan fingerprint density at radius 3 is 1.85 bits per heavy atom. The molecule has 0 spiro atoms. The number of benzene rings is 2. The van der Waals surface area contributed by atoms with Crippen molar-refractivity contribution in [3.05, 3.63) is 68.4 Å². The minimum absolute atomic E-state index is 0.236. The van der Waals surface area contributed by atoms with Crippen LogP contribution in [0.1, 0.15) is 27.6 Å². The monoisotopic (exact) mass is 362 g/mol. The molecular formula is C15H11BrClF3. The predicted octanol–water partition coefficient (Wildman–Crippen LogP) is 5.81. The van der Waals surface area contributed by atoms with E-state index in [1.165, 1.54) is 12.1 Å². The molecule has 0 aromatic heterocycles. The van der Waals surface area contributed by atoms with E-state index in [0.29, 0.717) is 21.2 Å². The molecule has 0 saturated heterocycles. The van der Waals surface area contributed by atoms with Crippen LogP contribution in [0.15, 0.2) is 28.7 Å². The van der Waals surface area contributed by atoms with E-state index in [1.807, 2.05) is 0 Å². The van der Waals surface area contributed by atoms with E-state index in [0.717, 1.165) is 12.1 Å². The molecule has 2 rings (SSSR count). The van der Waals surface area contributed by atoms with Crippen LogP contribution < -0.4 is 0 Å². The van der Waals surface area contributed by atoms with Gasteiger partial charge in [0.05, 0.1) is 5.38 Å². The van der Waals surface area contributed by atoms with Crippen molar-refractivity contribution in [3.8, 4) is 0 Å². The highest BCUT2D eigenvalue weighted by Crippen LogP contribution is 2.35. The van der Waals surface area contributed by atoms with Gasteiger partial charge in [0.15, 0.2) is 0 Å². The fraction of sp³-hybridized carbons (Fsp3) is 0.200. The minimum Gasteiger partial charge on any atom is -0.206 e. The summed E-state index contributed by atoms with van der Waals surface area (Å²) in [5.41, 5.74) is 1.01. The number of hydrogen-bond acceptors (Lipinski definition) is 0. The van der Waals surface area contributed by atoms with Gasteiger partial charge in [-0.25, -0.2) is 13.2 Å². The lowest BCUT2D eigenvalue weighted by atomic mass is 9.99. The van der Waals surface area contributed by atoms with Gasteiger partial charge < -0.3 is 0 Å². The Hall–Kier alpha value is -1.00. The third-order valence-electron chi connectivity index (χ3n) is 3.05. The van der Waals surface area contributed by atoms with Gasteiger partial charge in [0, 0.05) is 10.0 Å². The maximum absolute atomic E-state index is 13.9. The van der Waals surface area contributed by atoms with Crippen molar-refractivity contribution in [3.63, 3.8) is 0 Å². The highest BCUT2D eigenvalue weighted by Gasteiger charge is 2.22. The fourth-order valence-corrected chi connectivity index (χ4v) is 2.82. The summed E-state index contributed by atoms with van der Waals surface area (Å²) in [6, 6.07) is 5.30. The first-order chi connectivity index (χ1) is 9.31.